The molecule has 0 aliphatic rings. The lowest BCUT2D eigenvalue weighted by atomic mass is 10.0. The van der Waals surface area contributed by atoms with Gasteiger partial charge in [-0.3, -0.25) is 4.98 Å². The summed E-state index contributed by atoms with van der Waals surface area (Å²) in [4.78, 5) is 4.79. The monoisotopic (exact) mass is 286 g/mol. The molecule has 0 spiro atoms. The van der Waals surface area contributed by atoms with Gasteiger partial charge in [0, 0.05) is 23.3 Å². The fourth-order valence-electron chi connectivity index (χ4n) is 2.52. The molecule has 3 nitrogen and oxygen atoms in total. The van der Waals surface area contributed by atoms with Gasteiger partial charge in [-0.1, -0.05) is 20.8 Å². The van der Waals surface area contributed by atoms with Gasteiger partial charge in [-0.05, 0) is 49.9 Å². The van der Waals surface area contributed by atoms with E-state index in [4.69, 9.17) is 9.72 Å². The van der Waals surface area contributed by atoms with Gasteiger partial charge < -0.3 is 10.1 Å². The van der Waals surface area contributed by atoms with Gasteiger partial charge in [0.2, 0.25) is 0 Å². The maximum absolute atomic E-state index is 5.76. The summed E-state index contributed by atoms with van der Waals surface area (Å²) in [5.41, 5.74) is 4.68. The average Bonchev–Trinajstić information content (AvgIpc) is 2.51. The summed E-state index contributed by atoms with van der Waals surface area (Å²) in [7, 11) is 0. The molecular formula is C18H26N2O. The molecule has 2 rings (SSSR count). The summed E-state index contributed by atoms with van der Waals surface area (Å²) < 4.78 is 5.76. The SMILES string of the molecule is CCCNc1c(C)c(CC)nc2ccc(OCCC)cc12. The van der Waals surface area contributed by atoms with Gasteiger partial charge in [-0.25, -0.2) is 0 Å². The molecular weight excluding hydrogens is 260 g/mol. The zero-order chi connectivity index (χ0) is 15.2. The number of aromatic nitrogens is 1. The van der Waals surface area contributed by atoms with Crippen molar-refractivity contribution in [1.29, 1.82) is 0 Å². The Morgan fingerprint density at radius 2 is 1.95 bits per heavy atom. The summed E-state index contributed by atoms with van der Waals surface area (Å²) >= 11 is 0. The maximum Gasteiger partial charge on any atom is 0.120 e. The van der Waals surface area contributed by atoms with Crippen LogP contribution in [0.25, 0.3) is 10.9 Å². The third-order valence-electron chi connectivity index (χ3n) is 3.66. The van der Waals surface area contributed by atoms with E-state index >= 15 is 0 Å². The van der Waals surface area contributed by atoms with Crippen LogP contribution in [0.2, 0.25) is 0 Å². The Morgan fingerprint density at radius 1 is 1.14 bits per heavy atom. The Balaban J connectivity index is 2.52. The highest BCUT2D eigenvalue weighted by atomic mass is 16.5. The third-order valence-corrected chi connectivity index (χ3v) is 3.66. The molecule has 3 heteroatoms. The van der Waals surface area contributed by atoms with Crippen molar-refractivity contribution in [3.05, 3.63) is 29.5 Å². The molecule has 0 saturated heterocycles. The summed E-state index contributed by atoms with van der Waals surface area (Å²) in [6, 6.07) is 6.20. The molecule has 0 saturated carbocycles. The molecule has 0 atom stereocenters. The Kier molecular flexibility index (Phi) is 5.43. The predicted octanol–water partition coefficient (Wildman–Crippen LogP) is 4.72. The van der Waals surface area contributed by atoms with Gasteiger partial charge >= 0.3 is 0 Å². The van der Waals surface area contributed by atoms with Crippen molar-refractivity contribution in [2.24, 2.45) is 0 Å². The first-order chi connectivity index (χ1) is 10.2. The van der Waals surface area contributed by atoms with E-state index in [1.807, 2.05) is 6.07 Å². The first kappa shape index (κ1) is 15.6. The first-order valence-corrected chi connectivity index (χ1v) is 8.01. The highest BCUT2D eigenvalue weighted by Gasteiger charge is 2.11. The van der Waals surface area contributed by atoms with Crippen LogP contribution in [0, 0.1) is 6.92 Å². The van der Waals surface area contributed by atoms with Gasteiger partial charge in [-0.2, -0.15) is 0 Å². The topological polar surface area (TPSA) is 34.2 Å². The first-order valence-electron chi connectivity index (χ1n) is 8.01. The minimum atomic E-state index is 0.753. The normalized spacial score (nSPS) is 10.9. The molecule has 0 bridgehead atoms. The van der Waals surface area contributed by atoms with E-state index in [9.17, 15) is 0 Å². The number of rotatable bonds is 7. The third kappa shape index (κ3) is 3.46. The van der Waals surface area contributed by atoms with Gasteiger partial charge in [-0.15, -0.1) is 0 Å². The molecule has 0 amide bonds. The maximum atomic E-state index is 5.76. The largest absolute Gasteiger partial charge is 0.494 e. The number of pyridine rings is 1. The number of nitrogens with one attached hydrogen (secondary N) is 1. The van der Waals surface area contributed by atoms with Crippen molar-refractivity contribution >= 4 is 16.6 Å². The minimum absolute atomic E-state index is 0.753. The van der Waals surface area contributed by atoms with Crippen LogP contribution in [-0.4, -0.2) is 18.1 Å². The number of benzene rings is 1. The molecule has 0 unspecified atom stereocenters. The second kappa shape index (κ2) is 7.30. The smallest absolute Gasteiger partial charge is 0.120 e. The molecule has 21 heavy (non-hydrogen) atoms. The van der Waals surface area contributed by atoms with E-state index in [0.717, 1.165) is 49.1 Å². The molecule has 114 valence electrons. The number of ether oxygens (including phenoxy) is 1. The standard InChI is InChI=1S/C18H26N2O/c1-5-10-19-18-13(4)16(7-3)20-17-9-8-14(12-15(17)18)21-11-6-2/h8-9,12H,5-7,10-11H2,1-4H3,(H,19,20). The van der Waals surface area contributed by atoms with Crippen LogP contribution in [-0.2, 0) is 6.42 Å². The summed E-state index contributed by atoms with van der Waals surface area (Å²) in [5.74, 6) is 0.925. The molecule has 2 aromatic rings. The lowest BCUT2D eigenvalue weighted by molar-refractivity contribution is 0.318. The van der Waals surface area contributed by atoms with Crippen LogP contribution in [0.4, 0.5) is 5.69 Å². The summed E-state index contributed by atoms with van der Waals surface area (Å²) in [6.07, 6.45) is 3.08. The fourth-order valence-corrected chi connectivity index (χ4v) is 2.52. The second-order valence-corrected chi connectivity index (χ2v) is 5.37. The number of aryl methyl sites for hydroxylation is 1. The molecule has 0 aliphatic heterocycles. The lowest BCUT2D eigenvalue weighted by Gasteiger charge is -2.16. The number of nitrogens with zero attached hydrogens (tertiary/aromatic N) is 1. The van der Waals surface area contributed by atoms with Crippen LogP contribution in [0.3, 0.4) is 0 Å². The van der Waals surface area contributed by atoms with E-state index in [-0.39, 0.29) is 0 Å². The second-order valence-electron chi connectivity index (χ2n) is 5.37. The number of hydrogen-bond acceptors (Lipinski definition) is 3. The molecule has 1 aromatic heterocycles. The molecule has 1 aromatic carbocycles. The van der Waals surface area contributed by atoms with E-state index in [0.29, 0.717) is 0 Å². The summed E-state index contributed by atoms with van der Waals surface area (Å²) in [5, 5.41) is 4.73. The molecule has 1 heterocycles. The van der Waals surface area contributed by atoms with Gasteiger partial charge in [0.25, 0.3) is 0 Å². The number of fused-ring (bicyclic) bond motifs is 1. The average molecular weight is 286 g/mol. The quantitative estimate of drug-likeness (QED) is 0.800. The van der Waals surface area contributed by atoms with Crippen molar-refractivity contribution in [2.45, 2.75) is 47.0 Å². The van der Waals surface area contributed by atoms with E-state index in [2.05, 4.69) is 45.1 Å². The van der Waals surface area contributed by atoms with Crippen molar-refractivity contribution in [3.63, 3.8) is 0 Å². The Bertz CT molecular complexity index is 608. The van der Waals surface area contributed by atoms with Gasteiger partial charge in [0.1, 0.15) is 5.75 Å². The predicted molar refractivity (Wildman–Crippen MR) is 90.4 cm³/mol. The van der Waals surface area contributed by atoms with Crippen molar-refractivity contribution in [2.75, 3.05) is 18.5 Å². The van der Waals surface area contributed by atoms with Crippen LogP contribution in [0.1, 0.15) is 44.9 Å². The van der Waals surface area contributed by atoms with Crippen LogP contribution in [0.15, 0.2) is 18.2 Å². The van der Waals surface area contributed by atoms with E-state index in [1.54, 1.807) is 0 Å². The zero-order valence-electron chi connectivity index (χ0n) is 13.6. The Morgan fingerprint density at radius 3 is 2.62 bits per heavy atom. The number of hydrogen-bond donors (Lipinski definition) is 1. The zero-order valence-corrected chi connectivity index (χ0v) is 13.6. The highest BCUT2D eigenvalue weighted by Crippen LogP contribution is 2.31. The van der Waals surface area contributed by atoms with Crippen molar-refractivity contribution in [1.82, 2.24) is 4.98 Å². The molecule has 0 radical (unpaired) electrons. The van der Waals surface area contributed by atoms with Crippen LogP contribution < -0.4 is 10.1 Å². The van der Waals surface area contributed by atoms with Crippen LogP contribution in [0.5, 0.6) is 5.75 Å². The van der Waals surface area contributed by atoms with Crippen molar-refractivity contribution < 1.29 is 4.74 Å². The molecule has 0 aliphatic carbocycles. The van der Waals surface area contributed by atoms with Crippen molar-refractivity contribution in [3.8, 4) is 5.75 Å². The minimum Gasteiger partial charge on any atom is -0.494 e. The fraction of sp³-hybridized carbons (Fsp3) is 0.500. The van der Waals surface area contributed by atoms with Gasteiger partial charge in [0.15, 0.2) is 0 Å². The van der Waals surface area contributed by atoms with E-state index in [1.165, 1.54) is 16.9 Å². The van der Waals surface area contributed by atoms with Gasteiger partial charge in [0.05, 0.1) is 12.1 Å². The highest BCUT2D eigenvalue weighted by molar-refractivity contribution is 5.94. The lowest BCUT2D eigenvalue weighted by Crippen LogP contribution is -2.06. The number of anilines is 1. The Hall–Kier alpha value is -1.77. The summed E-state index contributed by atoms with van der Waals surface area (Å²) in [6.45, 7) is 10.3. The van der Waals surface area contributed by atoms with Crippen LogP contribution >= 0.6 is 0 Å². The van der Waals surface area contributed by atoms with E-state index < -0.39 is 0 Å². The molecule has 1 N–H and O–H groups in total. The Labute approximate surface area is 127 Å². The molecule has 0 fully saturated rings.